The number of anilines is 1. The van der Waals surface area contributed by atoms with Gasteiger partial charge in [0.05, 0.1) is 6.54 Å². The van der Waals surface area contributed by atoms with Crippen LogP contribution in [-0.2, 0) is 11.3 Å². The lowest BCUT2D eigenvalue weighted by atomic mass is 9.99. The highest BCUT2D eigenvalue weighted by Crippen LogP contribution is 2.12. The van der Waals surface area contributed by atoms with Crippen molar-refractivity contribution >= 4 is 17.6 Å². The predicted octanol–water partition coefficient (Wildman–Crippen LogP) is 3.07. The summed E-state index contributed by atoms with van der Waals surface area (Å²) in [4.78, 5) is 18.1. The third kappa shape index (κ3) is 9.99. The van der Waals surface area contributed by atoms with E-state index in [0.29, 0.717) is 19.0 Å². The second-order valence-electron chi connectivity index (χ2n) is 7.21. The third-order valence-electron chi connectivity index (χ3n) is 4.46. The normalized spacial score (nSPS) is 12.7. The number of carbonyl (C=O) groups excluding carboxylic acids is 1. The van der Waals surface area contributed by atoms with Gasteiger partial charge < -0.3 is 20.9 Å². The van der Waals surface area contributed by atoms with Crippen LogP contribution in [0.5, 0.6) is 0 Å². The smallest absolute Gasteiger partial charge is 0.238 e. The van der Waals surface area contributed by atoms with Crippen LogP contribution in [0.2, 0.25) is 0 Å². The molecule has 0 bridgehead atoms. The first-order valence-corrected chi connectivity index (χ1v) is 9.96. The highest BCUT2D eigenvalue weighted by Gasteiger charge is 2.08. The number of hydrogen-bond acceptors (Lipinski definition) is 3. The highest BCUT2D eigenvalue weighted by molar-refractivity contribution is 5.92. The number of nitrogens with one attached hydrogen (secondary N) is 3. The van der Waals surface area contributed by atoms with Crippen molar-refractivity contribution in [3.63, 3.8) is 0 Å². The quantitative estimate of drug-likeness (QED) is 0.411. The molecule has 1 unspecified atom stereocenters. The van der Waals surface area contributed by atoms with Crippen LogP contribution >= 0.6 is 0 Å². The van der Waals surface area contributed by atoms with E-state index in [0.717, 1.165) is 23.8 Å². The summed E-state index contributed by atoms with van der Waals surface area (Å²) in [5.74, 6) is 1.48. The number of carbonyl (C=O) groups is 1. The summed E-state index contributed by atoms with van der Waals surface area (Å²) in [5.41, 5.74) is 1.91. The molecule has 0 radical (unpaired) electrons. The molecular formula is C21H37N5O. The van der Waals surface area contributed by atoms with Gasteiger partial charge in [-0.2, -0.15) is 0 Å². The van der Waals surface area contributed by atoms with Crippen molar-refractivity contribution in [3.8, 4) is 0 Å². The van der Waals surface area contributed by atoms with E-state index in [9.17, 15) is 4.79 Å². The highest BCUT2D eigenvalue weighted by atomic mass is 16.2. The maximum absolute atomic E-state index is 11.9. The third-order valence-corrected chi connectivity index (χ3v) is 4.46. The molecule has 0 aliphatic heterocycles. The number of nitrogens with zero attached hydrogens (tertiary/aromatic N) is 2. The number of likely N-dealkylation sites (N-methyl/N-ethyl adjacent to an activating group) is 1. The second kappa shape index (κ2) is 13.1. The number of hydrogen-bond donors (Lipinski definition) is 3. The molecule has 0 aromatic heterocycles. The van der Waals surface area contributed by atoms with Gasteiger partial charge in [0.1, 0.15) is 0 Å². The topological polar surface area (TPSA) is 68.8 Å². The van der Waals surface area contributed by atoms with Crippen molar-refractivity contribution in [2.75, 3.05) is 39.5 Å². The Hall–Kier alpha value is -2.08. The van der Waals surface area contributed by atoms with Crippen molar-refractivity contribution in [1.82, 2.24) is 15.5 Å². The summed E-state index contributed by atoms with van der Waals surface area (Å²) in [5, 5.41) is 9.71. The van der Waals surface area contributed by atoms with Crippen LogP contribution in [0.4, 0.5) is 5.69 Å². The molecule has 0 saturated carbocycles. The molecule has 6 nitrogen and oxygen atoms in total. The molecule has 0 aliphatic carbocycles. The summed E-state index contributed by atoms with van der Waals surface area (Å²) in [6, 6.07) is 7.89. The van der Waals surface area contributed by atoms with E-state index in [4.69, 9.17) is 0 Å². The molecule has 3 N–H and O–H groups in total. The number of unbranched alkanes of at least 4 members (excludes halogenated alkanes) is 1. The Balaban J connectivity index is 2.50. The van der Waals surface area contributed by atoms with Crippen LogP contribution in [0.25, 0.3) is 0 Å². The molecule has 6 heteroatoms. The van der Waals surface area contributed by atoms with Crippen molar-refractivity contribution < 1.29 is 4.79 Å². The monoisotopic (exact) mass is 375 g/mol. The van der Waals surface area contributed by atoms with E-state index >= 15 is 0 Å². The zero-order valence-electron chi connectivity index (χ0n) is 17.6. The van der Waals surface area contributed by atoms with Crippen molar-refractivity contribution in [2.24, 2.45) is 10.9 Å². The molecule has 0 aliphatic rings. The maximum Gasteiger partial charge on any atom is 0.238 e. The van der Waals surface area contributed by atoms with Crippen LogP contribution in [0, 0.1) is 5.92 Å². The molecule has 0 heterocycles. The standard InChI is InChI=1S/C21H37N5O/c1-6-8-10-17(7-2)14-23-21(22-3)24-15-18-11-9-12-19(13-18)25-20(27)16-26(4)5/h9,11-13,17H,6-8,10,14-16H2,1-5H3,(H,25,27)(H2,22,23,24). The van der Waals surface area contributed by atoms with Gasteiger partial charge in [0, 0.05) is 25.8 Å². The van der Waals surface area contributed by atoms with Gasteiger partial charge in [0.2, 0.25) is 5.91 Å². The average Bonchev–Trinajstić information content (AvgIpc) is 2.63. The zero-order valence-corrected chi connectivity index (χ0v) is 17.6. The summed E-state index contributed by atoms with van der Waals surface area (Å²) in [6.07, 6.45) is 4.95. The molecule has 1 rings (SSSR count). The molecule has 1 aromatic rings. The lowest BCUT2D eigenvalue weighted by Crippen LogP contribution is -2.39. The first kappa shape index (κ1) is 23.0. The Morgan fingerprint density at radius 1 is 1.22 bits per heavy atom. The first-order valence-electron chi connectivity index (χ1n) is 9.96. The minimum atomic E-state index is -0.0136. The molecule has 1 atom stereocenters. The van der Waals surface area contributed by atoms with Gasteiger partial charge in [-0.15, -0.1) is 0 Å². The first-order chi connectivity index (χ1) is 13.0. The van der Waals surface area contributed by atoms with Gasteiger partial charge in [-0.05, 0) is 44.1 Å². The molecule has 1 amide bonds. The lowest BCUT2D eigenvalue weighted by Gasteiger charge is -2.18. The molecule has 1 aromatic carbocycles. The van der Waals surface area contributed by atoms with Crippen LogP contribution in [0.1, 0.15) is 45.1 Å². The SMILES string of the molecule is CCCCC(CC)CNC(=NC)NCc1cccc(NC(=O)CN(C)C)c1. The van der Waals surface area contributed by atoms with E-state index in [-0.39, 0.29) is 5.91 Å². The Morgan fingerprint density at radius 2 is 2.00 bits per heavy atom. The molecular weight excluding hydrogens is 338 g/mol. The van der Waals surface area contributed by atoms with Crippen molar-refractivity contribution in [1.29, 1.82) is 0 Å². The van der Waals surface area contributed by atoms with Gasteiger partial charge in [-0.1, -0.05) is 45.2 Å². The van der Waals surface area contributed by atoms with E-state index in [2.05, 4.69) is 34.8 Å². The zero-order chi connectivity index (χ0) is 20.1. The number of amides is 1. The second-order valence-corrected chi connectivity index (χ2v) is 7.21. The largest absolute Gasteiger partial charge is 0.356 e. The Bertz CT molecular complexity index is 586. The number of benzene rings is 1. The van der Waals surface area contributed by atoms with Gasteiger partial charge in [0.25, 0.3) is 0 Å². The maximum atomic E-state index is 11.9. The molecule has 0 fully saturated rings. The minimum absolute atomic E-state index is 0.0136. The average molecular weight is 376 g/mol. The van der Waals surface area contributed by atoms with Gasteiger partial charge in [0.15, 0.2) is 5.96 Å². The fourth-order valence-corrected chi connectivity index (χ4v) is 2.84. The Morgan fingerprint density at radius 3 is 2.63 bits per heavy atom. The number of aliphatic imine (C=N–C) groups is 1. The van der Waals surface area contributed by atoms with Crippen molar-refractivity contribution in [3.05, 3.63) is 29.8 Å². The molecule has 27 heavy (non-hydrogen) atoms. The van der Waals surface area contributed by atoms with E-state index in [1.54, 1.807) is 7.05 Å². The van der Waals surface area contributed by atoms with E-state index in [1.807, 2.05) is 43.3 Å². The summed E-state index contributed by atoms with van der Waals surface area (Å²) < 4.78 is 0. The fraction of sp³-hybridized carbons (Fsp3) is 0.619. The summed E-state index contributed by atoms with van der Waals surface area (Å²) >= 11 is 0. The summed E-state index contributed by atoms with van der Waals surface area (Å²) in [7, 11) is 5.55. The van der Waals surface area contributed by atoms with E-state index < -0.39 is 0 Å². The van der Waals surface area contributed by atoms with Crippen LogP contribution in [0.3, 0.4) is 0 Å². The molecule has 152 valence electrons. The fourth-order valence-electron chi connectivity index (χ4n) is 2.84. The number of guanidine groups is 1. The molecule has 0 spiro atoms. The van der Waals surface area contributed by atoms with Gasteiger partial charge >= 0.3 is 0 Å². The van der Waals surface area contributed by atoms with Gasteiger partial charge in [-0.25, -0.2) is 0 Å². The van der Waals surface area contributed by atoms with Crippen LogP contribution < -0.4 is 16.0 Å². The summed E-state index contributed by atoms with van der Waals surface area (Å²) in [6.45, 7) is 6.45. The Labute approximate surface area is 164 Å². The predicted molar refractivity (Wildman–Crippen MR) is 115 cm³/mol. The Kier molecular flexibility index (Phi) is 11.2. The van der Waals surface area contributed by atoms with Crippen molar-refractivity contribution in [2.45, 2.75) is 46.1 Å². The lowest BCUT2D eigenvalue weighted by molar-refractivity contribution is -0.116. The van der Waals surface area contributed by atoms with Gasteiger partial charge in [-0.3, -0.25) is 9.79 Å². The van der Waals surface area contributed by atoms with E-state index in [1.165, 1.54) is 25.7 Å². The van der Waals surface area contributed by atoms with Crippen LogP contribution in [0.15, 0.2) is 29.3 Å². The van der Waals surface area contributed by atoms with Crippen LogP contribution in [-0.4, -0.2) is 51.0 Å². The number of rotatable bonds is 11. The molecule has 0 saturated heterocycles. The minimum Gasteiger partial charge on any atom is -0.356 e.